The summed E-state index contributed by atoms with van der Waals surface area (Å²) in [6.45, 7) is 3.39. The molecule has 0 saturated heterocycles. The molecule has 25 heavy (non-hydrogen) atoms. The van der Waals surface area contributed by atoms with Gasteiger partial charge in [0.2, 0.25) is 0 Å². The van der Waals surface area contributed by atoms with Crippen LogP contribution in [-0.4, -0.2) is 31.1 Å². The van der Waals surface area contributed by atoms with Gasteiger partial charge in [-0.1, -0.05) is 61.9 Å². The van der Waals surface area contributed by atoms with Gasteiger partial charge in [0.05, 0.1) is 12.6 Å². The standard InChI is InChI=1S/C21H28N2O2/c1-3-11-20(18-12-6-4-7-13-18)22-21(24)23(2)16-10-17-25-19-14-8-5-9-15-19/h4-9,12-15,20H,3,10-11,16-17H2,1-2H3,(H,22,24). The highest BCUT2D eigenvalue weighted by Gasteiger charge is 2.16. The van der Waals surface area contributed by atoms with Crippen molar-refractivity contribution in [2.75, 3.05) is 20.2 Å². The largest absolute Gasteiger partial charge is 0.494 e. The molecule has 0 aliphatic rings. The number of nitrogens with one attached hydrogen (secondary N) is 1. The van der Waals surface area contributed by atoms with Gasteiger partial charge in [-0.15, -0.1) is 0 Å². The molecule has 134 valence electrons. The number of hydrogen-bond acceptors (Lipinski definition) is 2. The lowest BCUT2D eigenvalue weighted by Gasteiger charge is -2.24. The van der Waals surface area contributed by atoms with Crippen LogP contribution in [0.4, 0.5) is 4.79 Å². The van der Waals surface area contributed by atoms with Gasteiger partial charge in [-0.25, -0.2) is 4.79 Å². The highest BCUT2D eigenvalue weighted by atomic mass is 16.5. The van der Waals surface area contributed by atoms with E-state index in [1.54, 1.807) is 4.90 Å². The average Bonchev–Trinajstić information content (AvgIpc) is 2.66. The molecule has 0 heterocycles. The molecule has 0 aliphatic heterocycles. The Morgan fingerprint density at radius 3 is 2.36 bits per heavy atom. The molecular formula is C21H28N2O2. The van der Waals surface area contributed by atoms with Crippen LogP contribution in [0.25, 0.3) is 0 Å². The van der Waals surface area contributed by atoms with Gasteiger partial charge in [-0.05, 0) is 30.5 Å². The molecule has 0 bridgehead atoms. The number of hydrogen-bond donors (Lipinski definition) is 1. The Bertz CT molecular complexity index is 616. The maximum absolute atomic E-state index is 12.4. The molecule has 0 aliphatic carbocycles. The number of para-hydroxylation sites is 1. The minimum absolute atomic E-state index is 0.0398. The molecule has 2 amide bonds. The predicted octanol–water partition coefficient (Wildman–Crippen LogP) is 4.64. The minimum Gasteiger partial charge on any atom is -0.494 e. The lowest BCUT2D eigenvalue weighted by Crippen LogP contribution is -2.40. The lowest BCUT2D eigenvalue weighted by atomic mass is 10.0. The van der Waals surface area contributed by atoms with E-state index in [2.05, 4.69) is 24.4 Å². The van der Waals surface area contributed by atoms with E-state index in [1.165, 1.54) is 0 Å². The first-order valence-electron chi connectivity index (χ1n) is 8.95. The van der Waals surface area contributed by atoms with Crippen LogP contribution in [0.2, 0.25) is 0 Å². The van der Waals surface area contributed by atoms with Gasteiger partial charge in [0.25, 0.3) is 0 Å². The van der Waals surface area contributed by atoms with Crippen molar-refractivity contribution in [2.24, 2.45) is 0 Å². The fourth-order valence-corrected chi connectivity index (χ4v) is 2.67. The monoisotopic (exact) mass is 340 g/mol. The number of carbonyl (C=O) groups excluding carboxylic acids is 1. The number of nitrogens with zero attached hydrogens (tertiary/aromatic N) is 1. The summed E-state index contributed by atoms with van der Waals surface area (Å²) in [5.41, 5.74) is 1.15. The van der Waals surface area contributed by atoms with Gasteiger partial charge in [-0.2, -0.15) is 0 Å². The first-order chi connectivity index (χ1) is 12.2. The lowest BCUT2D eigenvalue weighted by molar-refractivity contribution is 0.198. The smallest absolute Gasteiger partial charge is 0.317 e. The molecule has 0 radical (unpaired) electrons. The molecule has 1 atom stereocenters. The van der Waals surface area contributed by atoms with Gasteiger partial charge in [0, 0.05) is 13.6 Å². The average molecular weight is 340 g/mol. The molecule has 1 unspecified atom stereocenters. The topological polar surface area (TPSA) is 41.6 Å². The molecular weight excluding hydrogens is 312 g/mol. The Kier molecular flexibility index (Phi) is 7.83. The maximum atomic E-state index is 12.4. The highest BCUT2D eigenvalue weighted by molar-refractivity contribution is 5.74. The van der Waals surface area contributed by atoms with Crippen molar-refractivity contribution in [3.05, 3.63) is 66.2 Å². The van der Waals surface area contributed by atoms with Crippen LogP contribution in [0.3, 0.4) is 0 Å². The zero-order valence-corrected chi connectivity index (χ0v) is 15.2. The van der Waals surface area contributed by atoms with Crippen molar-refractivity contribution in [3.8, 4) is 5.75 Å². The molecule has 4 nitrogen and oxygen atoms in total. The van der Waals surface area contributed by atoms with E-state index in [9.17, 15) is 4.79 Å². The van der Waals surface area contributed by atoms with Gasteiger partial charge in [0.15, 0.2) is 0 Å². The van der Waals surface area contributed by atoms with E-state index in [1.807, 2.05) is 55.6 Å². The summed E-state index contributed by atoms with van der Waals surface area (Å²) in [5, 5.41) is 3.14. The van der Waals surface area contributed by atoms with Crippen LogP contribution in [0.5, 0.6) is 5.75 Å². The molecule has 1 N–H and O–H groups in total. The van der Waals surface area contributed by atoms with Crippen molar-refractivity contribution in [2.45, 2.75) is 32.2 Å². The Morgan fingerprint density at radius 1 is 1.08 bits per heavy atom. The fourth-order valence-electron chi connectivity index (χ4n) is 2.67. The van der Waals surface area contributed by atoms with Gasteiger partial charge >= 0.3 is 6.03 Å². The summed E-state index contributed by atoms with van der Waals surface area (Å²) >= 11 is 0. The number of ether oxygens (including phenoxy) is 1. The highest BCUT2D eigenvalue weighted by Crippen LogP contribution is 2.18. The fraction of sp³-hybridized carbons (Fsp3) is 0.381. The number of benzene rings is 2. The summed E-state index contributed by atoms with van der Waals surface area (Å²) < 4.78 is 5.67. The van der Waals surface area contributed by atoms with Gasteiger partial charge in [-0.3, -0.25) is 0 Å². The Hall–Kier alpha value is -2.49. The van der Waals surface area contributed by atoms with E-state index >= 15 is 0 Å². The van der Waals surface area contributed by atoms with Crippen molar-refractivity contribution < 1.29 is 9.53 Å². The Labute approximate surface area is 150 Å². The molecule has 2 aromatic rings. The van der Waals surface area contributed by atoms with E-state index in [4.69, 9.17) is 4.74 Å². The second kappa shape index (κ2) is 10.4. The third-order valence-electron chi connectivity index (χ3n) is 4.07. The molecule has 2 rings (SSSR count). The van der Waals surface area contributed by atoms with E-state index in [-0.39, 0.29) is 12.1 Å². The van der Waals surface area contributed by atoms with E-state index < -0.39 is 0 Å². The second-order valence-electron chi connectivity index (χ2n) is 6.14. The van der Waals surface area contributed by atoms with Gasteiger partial charge in [0.1, 0.15) is 5.75 Å². The van der Waals surface area contributed by atoms with E-state index in [0.717, 1.165) is 30.6 Å². The predicted molar refractivity (Wildman–Crippen MR) is 102 cm³/mol. The Balaban J connectivity index is 1.76. The SMILES string of the molecule is CCCC(NC(=O)N(C)CCCOc1ccccc1)c1ccccc1. The van der Waals surface area contributed by atoms with Crippen molar-refractivity contribution in [1.82, 2.24) is 10.2 Å². The van der Waals surface area contributed by atoms with E-state index in [0.29, 0.717) is 13.2 Å². The van der Waals surface area contributed by atoms with Gasteiger partial charge < -0.3 is 15.0 Å². The first kappa shape index (κ1) is 18.8. The summed E-state index contributed by atoms with van der Waals surface area (Å²) in [7, 11) is 1.83. The van der Waals surface area contributed by atoms with Crippen molar-refractivity contribution in [3.63, 3.8) is 0 Å². The first-order valence-corrected chi connectivity index (χ1v) is 8.95. The van der Waals surface area contributed by atoms with Crippen LogP contribution in [0.1, 0.15) is 37.8 Å². The quantitative estimate of drug-likeness (QED) is 0.676. The molecule has 2 aromatic carbocycles. The number of carbonyl (C=O) groups is 1. The third kappa shape index (κ3) is 6.49. The molecule has 0 spiro atoms. The number of urea groups is 1. The zero-order chi connectivity index (χ0) is 17.9. The maximum Gasteiger partial charge on any atom is 0.317 e. The second-order valence-corrected chi connectivity index (χ2v) is 6.14. The molecule has 0 aromatic heterocycles. The zero-order valence-electron chi connectivity index (χ0n) is 15.2. The molecule has 0 saturated carbocycles. The van der Waals surface area contributed by atoms with Crippen LogP contribution in [0, 0.1) is 0 Å². The third-order valence-corrected chi connectivity index (χ3v) is 4.07. The molecule has 0 fully saturated rings. The van der Waals surface area contributed by atoms with Crippen LogP contribution < -0.4 is 10.1 Å². The number of rotatable bonds is 9. The number of amides is 2. The molecule has 4 heteroatoms. The van der Waals surface area contributed by atoms with Crippen molar-refractivity contribution >= 4 is 6.03 Å². The van der Waals surface area contributed by atoms with Crippen molar-refractivity contribution in [1.29, 1.82) is 0 Å². The Morgan fingerprint density at radius 2 is 1.72 bits per heavy atom. The van der Waals surface area contributed by atoms with Crippen LogP contribution >= 0.6 is 0 Å². The summed E-state index contributed by atoms with van der Waals surface area (Å²) in [6, 6.07) is 19.9. The normalized spacial score (nSPS) is 11.6. The summed E-state index contributed by atoms with van der Waals surface area (Å²) in [5.74, 6) is 0.863. The summed E-state index contributed by atoms with van der Waals surface area (Å²) in [6.07, 6.45) is 2.75. The van der Waals surface area contributed by atoms with Crippen LogP contribution in [-0.2, 0) is 0 Å². The minimum atomic E-state index is -0.0398. The summed E-state index contributed by atoms with van der Waals surface area (Å²) in [4.78, 5) is 14.2. The van der Waals surface area contributed by atoms with Crippen LogP contribution in [0.15, 0.2) is 60.7 Å².